The van der Waals surface area contributed by atoms with Crippen molar-refractivity contribution in [1.29, 1.82) is 0 Å². The lowest BCUT2D eigenvalue weighted by atomic mass is 9.80. The van der Waals surface area contributed by atoms with Gasteiger partial charge in [-0.3, -0.25) is 9.10 Å². The molecule has 0 atom stereocenters. The summed E-state index contributed by atoms with van der Waals surface area (Å²) in [6, 6.07) is 11.1. The monoisotopic (exact) mass is 555 g/mol. The van der Waals surface area contributed by atoms with Gasteiger partial charge in [-0.1, -0.05) is 35.9 Å². The largest absolute Gasteiger partial charge is 0.494 e. The summed E-state index contributed by atoms with van der Waals surface area (Å²) < 4.78 is 53.4. The smallest absolute Gasteiger partial charge is 0.310 e. The van der Waals surface area contributed by atoms with Crippen molar-refractivity contribution in [2.75, 3.05) is 24.3 Å². The molecule has 1 aliphatic heterocycles. The highest BCUT2D eigenvalue weighted by Gasteiger charge is 2.36. The molecule has 1 N–H and O–H groups in total. The second kappa shape index (κ2) is 10.3. The Morgan fingerprint density at radius 2 is 1.69 bits per heavy atom. The molecule has 0 fully saturated rings. The Hall–Kier alpha value is -3.43. The van der Waals surface area contributed by atoms with Crippen molar-refractivity contribution >= 4 is 21.7 Å². The molecule has 7 nitrogen and oxygen atoms in total. The molecule has 0 aromatic heterocycles. The van der Waals surface area contributed by atoms with Crippen molar-refractivity contribution < 1.29 is 32.2 Å². The van der Waals surface area contributed by atoms with Crippen LogP contribution in [0.1, 0.15) is 41.7 Å². The Kier molecular flexibility index (Phi) is 7.53. The SMILES string of the molecule is COc1ccc2c(c1F)CN(S(C)(=O)=O)c1c(C)c(CC(=O)OCC(C)(C)O)c(-c3ccc(C)cc3)c(C)c1-2. The second-order valence-corrected chi connectivity index (χ2v) is 12.6. The van der Waals surface area contributed by atoms with E-state index >= 15 is 4.39 Å². The topological polar surface area (TPSA) is 93.1 Å². The van der Waals surface area contributed by atoms with Crippen LogP contribution in [0.4, 0.5) is 10.1 Å². The molecular weight excluding hydrogens is 521 g/mol. The fourth-order valence-corrected chi connectivity index (χ4v) is 6.05. The highest BCUT2D eigenvalue weighted by atomic mass is 32.2. The zero-order valence-electron chi connectivity index (χ0n) is 23.3. The Morgan fingerprint density at radius 1 is 1.05 bits per heavy atom. The molecule has 0 unspecified atom stereocenters. The normalized spacial score (nSPS) is 13.1. The summed E-state index contributed by atoms with van der Waals surface area (Å²) in [6.07, 6.45) is 0.945. The number of nitrogens with zero attached hydrogens (tertiary/aromatic N) is 1. The molecule has 0 radical (unpaired) electrons. The highest BCUT2D eigenvalue weighted by Crippen LogP contribution is 2.50. The summed E-state index contributed by atoms with van der Waals surface area (Å²) in [7, 11) is -2.47. The molecule has 39 heavy (non-hydrogen) atoms. The maximum absolute atomic E-state index is 15.5. The third kappa shape index (κ3) is 5.51. The Bertz CT molecular complexity index is 1560. The van der Waals surface area contributed by atoms with Gasteiger partial charge in [-0.05, 0) is 74.1 Å². The summed E-state index contributed by atoms with van der Waals surface area (Å²) >= 11 is 0. The second-order valence-electron chi connectivity index (χ2n) is 10.7. The van der Waals surface area contributed by atoms with Crippen LogP contribution in [0, 0.1) is 26.6 Å². The maximum Gasteiger partial charge on any atom is 0.310 e. The fraction of sp³-hybridized carbons (Fsp3) is 0.367. The van der Waals surface area contributed by atoms with Crippen molar-refractivity contribution in [2.24, 2.45) is 0 Å². The summed E-state index contributed by atoms with van der Waals surface area (Å²) in [5, 5.41) is 10.0. The number of esters is 1. The molecule has 0 amide bonds. The molecule has 0 spiro atoms. The van der Waals surface area contributed by atoms with Gasteiger partial charge in [-0.25, -0.2) is 12.8 Å². The number of hydrogen-bond donors (Lipinski definition) is 1. The van der Waals surface area contributed by atoms with Crippen molar-refractivity contribution in [1.82, 2.24) is 0 Å². The quantitative estimate of drug-likeness (QED) is 0.402. The van der Waals surface area contributed by atoms with E-state index in [2.05, 4.69) is 0 Å². The predicted molar refractivity (Wildman–Crippen MR) is 150 cm³/mol. The number of fused-ring (bicyclic) bond motifs is 3. The molecule has 0 bridgehead atoms. The number of sulfonamides is 1. The van der Waals surface area contributed by atoms with Crippen LogP contribution >= 0.6 is 0 Å². The van der Waals surface area contributed by atoms with Crippen LogP contribution in [0.15, 0.2) is 36.4 Å². The summed E-state index contributed by atoms with van der Waals surface area (Å²) in [5.74, 6) is -1.13. The number of rotatable bonds is 7. The number of benzene rings is 3. The zero-order chi connectivity index (χ0) is 28.9. The average molecular weight is 556 g/mol. The van der Waals surface area contributed by atoms with Gasteiger partial charge in [0, 0.05) is 11.1 Å². The number of carbonyl (C=O) groups excluding carboxylic acids is 1. The van der Waals surface area contributed by atoms with Gasteiger partial charge >= 0.3 is 5.97 Å². The molecule has 208 valence electrons. The van der Waals surface area contributed by atoms with E-state index in [4.69, 9.17) is 9.47 Å². The zero-order valence-corrected chi connectivity index (χ0v) is 24.1. The molecule has 3 aromatic carbocycles. The van der Waals surface area contributed by atoms with Crippen molar-refractivity contribution in [3.8, 4) is 28.0 Å². The van der Waals surface area contributed by atoms with Crippen LogP contribution in [0.2, 0.25) is 0 Å². The number of ether oxygens (including phenoxy) is 2. The van der Waals surface area contributed by atoms with Crippen LogP contribution in [0.3, 0.4) is 0 Å². The Morgan fingerprint density at radius 3 is 2.26 bits per heavy atom. The molecule has 4 rings (SSSR count). The summed E-state index contributed by atoms with van der Waals surface area (Å²) in [6.45, 7) is 8.30. The van der Waals surface area contributed by atoms with Gasteiger partial charge in [0.15, 0.2) is 11.6 Å². The van der Waals surface area contributed by atoms with Crippen LogP contribution in [-0.2, 0) is 32.5 Å². The minimum atomic E-state index is -3.84. The first-order valence-electron chi connectivity index (χ1n) is 12.6. The number of carbonyl (C=O) groups is 1. The maximum atomic E-state index is 15.5. The van der Waals surface area contributed by atoms with Crippen molar-refractivity contribution in [3.05, 3.63) is 70.0 Å². The van der Waals surface area contributed by atoms with Gasteiger partial charge in [0.25, 0.3) is 0 Å². The van der Waals surface area contributed by atoms with E-state index in [0.717, 1.165) is 22.9 Å². The van der Waals surface area contributed by atoms with Gasteiger partial charge in [-0.2, -0.15) is 0 Å². The molecule has 0 aliphatic carbocycles. The lowest BCUT2D eigenvalue weighted by Gasteiger charge is -2.36. The Balaban J connectivity index is 2.06. The first-order chi connectivity index (χ1) is 18.1. The van der Waals surface area contributed by atoms with Crippen LogP contribution in [-0.4, -0.2) is 45.1 Å². The Labute approximate surface area is 229 Å². The molecule has 9 heteroatoms. The van der Waals surface area contributed by atoms with E-state index in [-0.39, 0.29) is 30.9 Å². The van der Waals surface area contributed by atoms with Gasteiger partial charge < -0.3 is 14.6 Å². The first-order valence-corrected chi connectivity index (χ1v) is 14.4. The number of aryl methyl sites for hydroxylation is 1. The molecule has 0 saturated carbocycles. The van der Waals surface area contributed by atoms with E-state index in [1.807, 2.05) is 38.1 Å². The van der Waals surface area contributed by atoms with Crippen LogP contribution in [0.25, 0.3) is 22.3 Å². The minimum Gasteiger partial charge on any atom is -0.494 e. The molecular formula is C30H34FNO6S. The number of methoxy groups -OCH3 is 1. The van der Waals surface area contributed by atoms with Crippen LogP contribution < -0.4 is 9.04 Å². The number of halogens is 1. The van der Waals surface area contributed by atoms with Crippen LogP contribution in [0.5, 0.6) is 5.75 Å². The number of anilines is 1. The fourth-order valence-electron chi connectivity index (χ4n) is 5.12. The lowest BCUT2D eigenvalue weighted by Crippen LogP contribution is -2.34. The van der Waals surface area contributed by atoms with Crippen molar-refractivity contribution in [3.63, 3.8) is 0 Å². The van der Waals surface area contributed by atoms with Gasteiger partial charge in [0.2, 0.25) is 10.0 Å². The summed E-state index contributed by atoms with van der Waals surface area (Å²) in [4.78, 5) is 13.0. The average Bonchev–Trinajstić information content (AvgIpc) is 2.85. The number of aliphatic hydroxyl groups is 1. The lowest BCUT2D eigenvalue weighted by molar-refractivity contribution is -0.149. The summed E-state index contributed by atoms with van der Waals surface area (Å²) in [5.41, 5.74) is 5.15. The van der Waals surface area contributed by atoms with E-state index in [9.17, 15) is 18.3 Å². The predicted octanol–water partition coefficient (Wildman–Crippen LogP) is 5.23. The first kappa shape index (κ1) is 28.6. The van der Waals surface area contributed by atoms with Gasteiger partial charge in [0.05, 0.1) is 37.6 Å². The van der Waals surface area contributed by atoms with E-state index < -0.39 is 27.4 Å². The highest BCUT2D eigenvalue weighted by molar-refractivity contribution is 7.92. The standard InChI is InChI=1S/C30H34FNO6S/c1-17-8-10-20(11-9-17)26-19(3)27-21-12-13-24(37-6)28(31)23(21)15-32(39(7,35)36)29(27)18(2)22(26)14-25(33)38-16-30(4,5)34/h8-13,34H,14-16H2,1-7H3. The van der Waals surface area contributed by atoms with Gasteiger partial charge in [0.1, 0.15) is 6.61 Å². The molecule has 1 heterocycles. The van der Waals surface area contributed by atoms with E-state index in [1.165, 1.54) is 17.5 Å². The number of hydrogen-bond acceptors (Lipinski definition) is 6. The molecule has 1 aliphatic rings. The van der Waals surface area contributed by atoms with Crippen molar-refractivity contribution in [2.45, 2.75) is 53.2 Å². The third-order valence-corrected chi connectivity index (χ3v) is 8.11. The van der Waals surface area contributed by atoms with E-state index in [0.29, 0.717) is 33.5 Å². The van der Waals surface area contributed by atoms with E-state index in [1.54, 1.807) is 26.8 Å². The minimum absolute atomic E-state index is 0.0324. The molecule has 0 saturated heterocycles. The third-order valence-electron chi connectivity index (χ3n) is 6.99. The van der Waals surface area contributed by atoms with Gasteiger partial charge in [-0.15, -0.1) is 0 Å². The molecule has 3 aromatic rings.